The molecule has 1 fully saturated rings. The van der Waals surface area contributed by atoms with Crippen LogP contribution < -0.4 is 11.1 Å². The van der Waals surface area contributed by atoms with E-state index in [9.17, 15) is 4.79 Å². The molecule has 1 unspecified atom stereocenters. The number of carbonyl (C=O) groups is 1. The molecule has 1 amide bonds. The number of rotatable bonds is 4. The molecule has 0 spiro atoms. The minimum Gasteiger partial charge on any atom is -0.380 e. The van der Waals surface area contributed by atoms with Crippen molar-refractivity contribution < 1.29 is 9.53 Å². The smallest absolute Gasteiger partial charge is 0.225 e. The first-order valence-corrected chi connectivity index (χ1v) is 4.99. The first kappa shape index (κ1) is 11.4. The molecule has 0 radical (unpaired) electrons. The Kier molecular flexibility index (Phi) is 4.86. The van der Waals surface area contributed by atoms with E-state index < -0.39 is 0 Å². The van der Waals surface area contributed by atoms with Crippen LogP contribution in [0, 0.1) is 0 Å². The van der Waals surface area contributed by atoms with Crippen LogP contribution in [0.3, 0.4) is 0 Å². The molecule has 0 aromatic rings. The average Bonchev–Trinajstić information content (AvgIpc) is 2.26. The topological polar surface area (TPSA) is 67.6 Å². The van der Waals surface area contributed by atoms with Crippen LogP contribution in [0.1, 0.15) is 6.42 Å². The van der Waals surface area contributed by atoms with Crippen LogP contribution in [0.15, 0.2) is 0 Å². The van der Waals surface area contributed by atoms with Gasteiger partial charge in [-0.15, -0.1) is 0 Å². The number of amides is 1. The van der Waals surface area contributed by atoms with Crippen molar-refractivity contribution in [1.29, 1.82) is 0 Å². The van der Waals surface area contributed by atoms with Gasteiger partial charge in [0.25, 0.3) is 0 Å². The molecule has 14 heavy (non-hydrogen) atoms. The van der Waals surface area contributed by atoms with Gasteiger partial charge in [-0.05, 0) is 0 Å². The van der Waals surface area contributed by atoms with E-state index in [1.165, 1.54) is 0 Å². The minimum atomic E-state index is -0.141. The third-order valence-electron chi connectivity index (χ3n) is 2.47. The Hall–Kier alpha value is -0.650. The fourth-order valence-corrected chi connectivity index (χ4v) is 1.50. The molecule has 3 N–H and O–H groups in total. The minimum absolute atomic E-state index is 0.141. The summed E-state index contributed by atoms with van der Waals surface area (Å²) in [6.45, 7) is 3.74. The van der Waals surface area contributed by atoms with Gasteiger partial charge >= 0.3 is 0 Å². The zero-order chi connectivity index (χ0) is 10.4. The third kappa shape index (κ3) is 3.25. The van der Waals surface area contributed by atoms with Gasteiger partial charge in [-0.3, -0.25) is 4.79 Å². The lowest BCUT2D eigenvalue weighted by Gasteiger charge is -2.28. The molecule has 1 aliphatic heterocycles. The zero-order valence-electron chi connectivity index (χ0n) is 8.66. The molecule has 0 bridgehead atoms. The van der Waals surface area contributed by atoms with Crippen molar-refractivity contribution in [2.24, 2.45) is 5.73 Å². The SMILES string of the molecule is COC(CN)CC(=O)N1CCNCC1. The standard InChI is InChI=1S/C9H19N3O2/c1-14-8(7-10)6-9(13)12-4-2-11-3-5-12/h8,11H,2-7,10H2,1H3. The van der Waals surface area contributed by atoms with E-state index in [4.69, 9.17) is 10.5 Å². The predicted molar refractivity (Wildman–Crippen MR) is 53.9 cm³/mol. The lowest BCUT2D eigenvalue weighted by molar-refractivity contribution is -0.134. The first-order valence-electron chi connectivity index (χ1n) is 4.99. The Morgan fingerprint density at radius 3 is 2.71 bits per heavy atom. The van der Waals surface area contributed by atoms with Gasteiger partial charge in [-0.1, -0.05) is 0 Å². The molecule has 0 aromatic carbocycles. The number of nitrogens with one attached hydrogen (secondary N) is 1. The number of hydrogen-bond donors (Lipinski definition) is 2. The second-order valence-corrected chi connectivity index (χ2v) is 3.43. The first-order chi connectivity index (χ1) is 6.77. The molecule has 1 aliphatic rings. The predicted octanol–water partition coefficient (Wildman–Crippen LogP) is -1.22. The highest BCUT2D eigenvalue weighted by molar-refractivity contribution is 5.76. The Morgan fingerprint density at radius 2 is 2.21 bits per heavy atom. The summed E-state index contributed by atoms with van der Waals surface area (Å²) < 4.78 is 5.07. The van der Waals surface area contributed by atoms with Crippen LogP contribution >= 0.6 is 0 Å². The van der Waals surface area contributed by atoms with E-state index in [0.29, 0.717) is 13.0 Å². The van der Waals surface area contributed by atoms with E-state index in [1.54, 1.807) is 7.11 Å². The van der Waals surface area contributed by atoms with Gasteiger partial charge in [-0.2, -0.15) is 0 Å². The quantitative estimate of drug-likeness (QED) is 0.598. The lowest BCUT2D eigenvalue weighted by Crippen LogP contribution is -2.47. The van der Waals surface area contributed by atoms with Gasteiger partial charge in [0, 0.05) is 39.8 Å². The molecular formula is C9H19N3O2. The van der Waals surface area contributed by atoms with Crippen molar-refractivity contribution in [3.05, 3.63) is 0 Å². The molecule has 0 aromatic heterocycles. The number of nitrogens with two attached hydrogens (primary N) is 1. The highest BCUT2D eigenvalue weighted by Gasteiger charge is 2.19. The van der Waals surface area contributed by atoms with Crippen molar-refractivity contribution in [3.8, 4) is 0 Å². The molecule has 1 heterocycles. The van der Waals surface area contributed by atoms with Crippen molar-refractivity contribution >= 4 is 5.91 Å². The molecule has 1 rings (SSSR count). The fraction of sp³-hybridized carbons (Fsp3) is 0.889. The van der Waals surface area contributed by atoms with E-state index >= 15 is 0 Å². The summed E-state index contributed by atoms with van der Waals surface area (Å²) >= 11 is 0. The normalized spacial score (nSPS) is 19.4. The lowest BCUT2D eigenvalue weighted by atomic mass is 10.2. The van der Waals surface area contributed by atoms with Crippen molar-refractivity contribution in [2.45, 2.75) is 12.5 Å². The van der Waals surface area contributed by atoms with Gasteiger partial charge in [0.2, 0.25) is 5.91 Å². The molecule has 1 atom stereocenters. The van der Waals surface area contributed by atoms with Gasteiger partial charge in [-0.25, -0.2) is 0 Å². The van der Waals surface area contributed by atoms with Gasteiger partial charge in [0.15, 0.2) is 0 Å². The van der Waals surface area contributed by atoms with Crippen LogP contribution in [0.2, 0.25) is 0 Å². The van der Waals surface area contributed by atoms with Crippen LogP contribution in [0.25, 0.3) is 0 Å². The van der Waals surface area contributed by atoms with Crippen molar-refractivity contribution in [2.75, 3.05) is 39.8 Å². The number of carbonyl (C=O) groups excluding carboxylic acids is 1. The maximum atomic E-state index is 11.7. The summed E-state index contributed by atoms with van der Waals surface area (Å²) in [5, 5.41) is 3.20. The van der Waals surface area contributed by atoms with E-state index in [2.05, 4.69) is 5.32 Å². The second-order valence-electron chi connectivity index (χ2n) is 3.43. The molecule has 5 heteroatoms. The second kappa shape index (κ2) is 5.95. The third-order valence-corrected chi connectivity index (χ3v) is 2.47. The zero-order valence-corrected chi connectivity index (χ0v) is 8.66. The van der Waals surface area contributed by atoms with E-state index in [0.717, 1.165) is 26.2 Å². The molecule has 0 aliphatic carbocycles. The van der Waals surface area contributed by atoms with Crippen LogP contribution in [-0.4, -0.2) is 56.7 Å². The summed E-state index contributed by atoms with van der Waals surface area (Å²) in [4.78, 5) is 13.5. The highest BCUT2D eigenvalue weighted by atomic mass is 16.5. The summed E-state index contributed by atoms with van der Waals surface area (Å²) in [6.07, 6.45) is 0.255. The van der Waals surface area contributed by atoms with Crippen LogP contribution in [0.5, 0.6) is 0 Å². The number of piperazine rings is 1. The van der Waals surface area contributed by atoms with Gasteiger partial charge < -0.3 is 20.7 Å². The van der Waals surface area contributed by atoms with Crippen molar-refractivity contribution in [1.82, 2.24) is 10.2 Å². The molecule has 82 valence electrons. The number of methoxy groups -OCH3 is 1. The maximum Gasteiger partial charge on any atom is 0.225 e. The van der Waals surface area contributed by atoms with E-state index in [-0.39, 0.29) is 12.0 Å². The fourth-order valence-electron chi connectivity index (χ4n) is 1.50. The Bertz CT molecular complexity index is 177. The van der Waals surface area contributed by atoms with E-state index in [1.807, 2.05) is 4.90 Å². The number of ether oxygens (including phenoxy) is 1. The monoisotopic (exact) mass is 201 g/mol. The molecule has 1 saturated heterocycles. The van der Waals surface area contributed by atoms with Crippen LogP contribution in [-0.2, 0) is 9.53 Å². The Morgan fingerprint density at radius 1 is 1.57 bits per heavy atom. The van der Waals surface area contributed by atoms with Crippen LogP contribution in [0.4, 0.5) is 0 Å². The Labute approximate surface area is 84.6 Å². The average molecular weight is 201 g/mol. The largest absolute Gasteiger partial charge is 0.380 e. The number of hydrogen-bond acceptors (Lipinski definition) is 4. The van der Waals surface area contributed by atoms with Crippen molar-refractivity contribution in [3.63, 3.8) is 0 Å². The Balaban J connectivity index is 2.32. The highest BCUT2D eigenvalue weighted by Crippen LogP contribution is 2.02. The summed E-state index contributed by atoms with van der Waals surface area (Å²) in [6, 6.07) is 0. The van der Waals surface area contributed by atoms with Gasteiger partial charge in [0.1, 0.15) is 0 Å². The summed E-state index contributed by atoms with van der Waals surface area (Å²) in [5.41, 5.74) is 5.45. The number of nitrogens with zero attached hydrogens (tertiary/aromatic N) is 1. The molecule has 5 nitrogen and oxygen atoms in total. The molecular weight excluding hydrogens is 182 g/mol. The summed E-state index contributed by atoms with van der Waals surface area (Å²) in [5.74, 6) is 0.142. The van der Waals surface area contributed by atoms with Gasteiger partial charge in [0.05, 0.1) is 12.5 Å². The summed E-state index contributed by atoms with van der Waals surface area (Å²) in [7, 11) is 1.59. The molecule has 0 saturated carbocycles. The maximum absolute atomic E-state index is 11.7.